The number of rotatable bonds is 2. The van der Waals surface area contributed by atoms with Crippen LogP contribution in [-0.4, -0.2) is 27.8 Å². The first-order chi connectivity index (χ1) is 6.24. The van der Waals surface area contributed by atoms with Crippen LogP contribution in [0.3, 0.4) is 0 Å². The lowest BCUT2D eigenvalue weighted by Gasteiger charge is -1.80. The molecule has 0 unspecified atom stereocenters. The van der Waals surface area contributed by atoms with E-state index in [1.54, 1.807) is 0 Å². The van der Waals surface area contributed by atoms with Gasteiger partial charge in [-0.05, 0) is 5.92 Å². The molecule has 0 bridgehead atoms. The van der Waals surface area contributed by atoms with Gasteiger partial charge in [-0.1, -0.05) is 5.92 Å². The first-order valence-electron chi connectivity index (χ1n) is 3.52. The van der Waals surface area contributed by atoms with Crippen molar-refractivity contribution in [2.75, 3.05) is 6.61 Å². The van der Waals surface area contributed by atoms with Crippen molar-refractivity contribution in [2.45, 2.75) is 6.42 Å². The Morgan fingerprint density at radius 2 is 2.46 bits per heavy atom. The van der Waals surface area contributed by atoms with Gasteiger partial charge in [-0.25, -0.2) is 9.78 Å². The highest BCUT2D eigenvalue weighted by Crippen LogP contribution is 2.07. The summed E-state index contributed by atoms with van der Waals surface area (Å²) in [5.74, 6) is 4.26. The minimum absolute atomic E-state index is 0.00413. The summed E-state index contributed by atoms with van der Waals surface area (Å²) in [6.07, 6.45) is 0.377. The van der Waals surface area contributed by atoms with Gasteiger partial charge in [0.2, 0.25) is 0 Å². The number of thiazole rings is 1. The maximum Gasteiger partial charge on any atom is 0.355 e. The van der Waals surface area contributed by atoms with Crippen LogP contribution in [0.25, 0.3) is 0 Å². The van der Waals surface area contributed by atoms with E-state index in [-0.39, 0.29) is 12.3 Å². The fourth-order valence-electron chi connectivity index (χ4n) is 0.623. The molecule has 0 fully saturated rings. The second-order valence-electron chi connectivity index (χ2n) is 2.12. The molecule has 5 heteroatoms. The van der Waals surface area contributed by atoms with Gasteiger partial charge in [-0.15, -0.1) is 11.3 Å². The molecule has 0 aliphatic carbocycles. The first kappa shape index (κ1) is 9.71. The summed E-state index contributed by atoms with van der Waals surface area (Å²) in [7, 11) is 0. The predicted molar refractivity (Wildman–Crippen MR) is 47.7 cm³/mol. The van der Waals surface area contributed by atoms with Gasteiger partial charge in [0, 0.05) is 11.8 Å². The number of carboxylic acids is 1. The van der Waals surface area contributed by atoms with E-state index >= 15 is 0 Å². The Kier molecular flexibility index (Phi) is 3.43. The molecule has 0 aromatic carbocycles. The van der Waals surface area contributed by atoms with E-state index in [4.69, 9.17) is 10.2 Å². The second-order valence-corrected chi connectivity index (χ2v) is 2.98. The highest BCUT2D eigenvalue weighted by atomic mass is 32.1. The first-order valence-corrected chi connectivity index (χ1v) is 4.40. The number of aromatic carboxylic acids is 1. The Labute approximate surface area is 78.9 Å². The van der Waals surface area contributed by atoms with E-state index in [0.29, 0.717) is 11.4 Å². The molecule has 0 radical (unpaired) electrons. The summed E-state index contributed by atoms with van der Waals surface area (Å²) in [5, 5.41) is 18.8. The normalized spacial score (nSPS) is 9.00. The molecular weight excluding hydrogens is 190 g/mol. The van der Waals surface area contributed by atoms with Gasteiger partial charge in [0.05, 0.1) is 6.61 Å². The molecular formula is C8H7NO3S. The Morgan fingerprint density at radius 3 is 3.00 bits per heavy atom. The van der Waals surface area contributed by atoms with Crippen LogP contribution in [0.5, 0.6) is 0 Å². The smallest absolute Gasteiger partial charge is 0.355 e. The molecule has 2 N–H and O–H groups in total. The van der Waals surface area contributed by atoms with Crippen LogP contribution in [0.1, 0.15) is 21.9 Å². The van der Waals surface area contributed by atoms with E-state index < -0.39 is 5.97 Å². The molecule has 1 rings (SSSR count). The number of aliphatic hydroxyl groups excluding tert-OH is 1. The van der Waals surface area contributed by atoms with Crippen LogP contribution in [0.15, 0.2) is 5.38 Å². The number of carbonyl (C=O) groups is 1. The fraction of sp³-hybridized carbons (Fsp3) is 0.250. The number of aliphatic hydroxyl groups is 1. The maximum absolute atomic E-state index is 10.4. The zero-order valence-electron chi connectivity index (χ0n) is 6.65. The Bertz CT molecular complexity index is 361. The molecule has 1 heterocycles. The number of carboxylic acid groups (broad SMARTS) is 1. The molecule has 0 saturated carbocycles. The van der Waals surface area contributed by atoms with E-state index in [1.807, 2.05) is 0 Å². The van der Waals surface area contributed by atoms with E-state index in [2.05, 4.69) is 16.8 Å². The van der Waals surface area contributed by atoms with Crippen molar-refractivity contribution < 1.29 is 15.0 Å². The second kappa shape index (κ2) is 4.60. The van der Waals surface area contributed by atoms with Crippen LogP contribution >= 0.6 is 11.3 Å². The summed E-state index contributed by atoms with van der Waals surface area (Å²) in [4.78, 5) is 14.1. The minimum Gasteiger partial charge on any atom is -0.476 e. The predicted octanol–water partition coefficient (Wildman–Crippen LogP) is 0.575. The zero-order valence-corrected chi connectivity index (χ0v) is 7.47. The van der Waals surface area contributed by atoms with Gasteiger partial charge in [-0.3, -0.25) is 0 Å². The topological polar surface area (TPSA) is 70.4 Å². The standard InChI is InChI=1S/C8H7NO3S/c10-4-2-1-3-7-9-6(5-13-7)8(11)12/h5,10H,2,4H2,(H,11,12). The van der Waals surface area contributed by atoms with Gasteiger partial charge < -0.3 is 10.2 Å². The average molecular weight is 197 g/mol. The van der Waals surface area contributed by atoms with Crippen LogP contribution in [0.2, 0.25) is 0 Å². The SMILES string of the molecule is O=C(O)c1csc(C#CCCO)n1. The van der Waals surface area contributed by atoms with Crippen molar-refractivity contribution in [2.24, 2.45) is 0 Å². The quantitative estimate of drug-likeness (QED) is 0.680. The van der Waals surface area contributed by atoms with Gasteiger partial charge in [0.1, 0.15) is 0 Å². The van der Waals surface area contributed by atoms with Crippen molar-refractivity contribution in [3.63, 3.8) is 0 Å². The lowest BCUT2D eigenvalue weighted by molar-refractivity contribution is 0.0691. The molecule has 0 atom stereocenters. The molecule has 0 spiro atoms. The molecule has 4 nitrogen and oxygen atoms in total. The van der Waals surface area contributed by atoms with Crippen LogP contribution in [0, 0.1) is 11.8 Å². The Balaban J connectivity index is 2.71. The molecule has 0 saturated heterocycles. The Morgan fingerprint density at radius 1 is 1.69 bits per heavy atom. The van der Waals surface area contributed by atoms with Gasteiger partial charge >= 0.3 is 5.97 Å². The molecule has 1 aromatic heterocycles. The third kappa shape index (κ3) is 2.86. The third-order valence-electron chi connectivity index (χ3n) is 1.16. The number of aromatic nitrogens is 1. The van der Waals surface area contributed by atoms with E-state index in [0.717, 1.165) is 0 Å². The molecule has 0 aliphatic rings. The van der Waals surface area contributed by atoms with Crippen molar-refractivity contribution in [3.05, 3.63) is 16.1 Å². The van der Waals surface area contributed by atoms with Crippen LogP contribution < -0.4 is 0 Å². The molecule has 1 aromatic rings. The molecule has 13 heavy (non-hydrogen) atoms. The molecule has 0 aliphatic heterocycles. The fourth-order valence-corrected chi connectivity index (χ4v) is 1.28. The van der Waals surface area contributed by atoms with Crippen LogP contribution in [0.4, 0.5) is 0 Å². The summed E-state index contributed by atoms with van der Waals surface area (Å²) in [5.41, 5.74) is 0.0123. The summed E-state index contributed by atoms with van der Waals surface area (Å²) >= 11 is 1.18. The molecule has 68 valence electrons. The maximum atomic E-state index is 10.4. The third-order valence-corrected chi connectivity index (χ3v) is 1.91. The lowest BCUT2D eigenvalue weighted by Crippen LogP contribution is -1.95. The van der Waals surface area contributed by atoms with Crippen molar-refractivity contribution >= 4 is 17.3 Å². The highest BCUT2D eigenvalue weighted by molar-refractivity contribution is 7.10. The van der Waals surface area contributed by atoms with Crippen molar-refractivity contribution in [3.8, 4) is 11.8 Å². The van der Waals surface area contributed by atoms with Crippen molar-refractivity contribution in [1.29, 1.82) is 0 Å². The summed E-state index contributed by atoms with van der Waals surface area (Å²) < 4.78 is 0. The molecule has 0 amide bonds. The monoisotopic (exact) mass is 197 g/mol. The summed E-state index contributed by atoms with van der Waals surface area (Å²) in [6, 6.07) is 0. The van der Waals surface area contributed by atoms with Gasteiger partial charge in [0.15, 0.2) is 10.7 Å². The van der Waals surface area contributed by atoms with E-state index in [9.17, 15) is 4.79 Å². The number of nitrogens with zero attached hydrogens (tertiary/aromatic N) is 1. The lowest BCUT2D eigenvalue weighted by atomic mass is 10.4. The summed E-state index contributed by atoms with van der Waals surface area (Å²) in [6.45, 7) is 0.00413. The van der Waals surface area contributed by atoms with Crippen LogP contribution in [-0.2, 0) is 0 Å². The van der Waals surface area contributed by atoms with Gasteiger partial charge in [0.25, 0.3) is 0 Å². The largest absolute Gasteiger partial charge is 0.476 e. The zero-order chi connectivity index (χ0) is 9.68. The number of hydrogen-bond acceptors (Lipinski definition) is 4. The Hall–Kier alpha value is -1.38. The van der Waals surface area contributed by atoms with E-state index in [1.165, 1.54) is 16.7 Å². The minimum atomic E-state index is -1.05. The average Bonchev–Trinajstić information content (AvgIpc) is 2.53. The highest BCUT2D eigenvalue weighted by Gasteiger charge is 2.06. The van der Waals surface area contributed by atoms with Gasteiger partial charge in [-0.2, -0.15) is 0 Å². The number of hydrogen-bond donors (Lipinski definition) is 2. The van der Waals surface area contributed by atoms with Crippen molar-refractivity contribution in [1.82, 2.24) is 4.98 Å².